The Morgan fingerprint density at radius 1 is 1.44 bits per heavy atom. The summed E-state index contributed by atoms with van der Waals surface area (Å²) in [5, 5.41) is 0. The van der Waals surface area contributed by atoms with Crippen molar-refractivity contribution in [3.63, 3.8) is 0 Å². The highest BCUT2D eigenvalue weighted by molar-refractivity contribution is 6.08. The molecule has 1 aromatic rings. The molecule has 1 aromatic carbocycles. The lowest BCUT2D eigenvalue weighted by molar-refractivity contribution is -0.136. The lowest BCUT2D eigenvalue weighted by Crippen LogP contribution is -2.65. The van der Waals surface area contributed by atoms with E-state index in [1.807, 2.05) is 30.9 Å². The fourth-order valence-corrected chi connectivity index (χ4v) is 2.83. The average Bonchev–Trinajstić information content (AvgIpc) is 2.65. The number of nitrogens with zero attached hydrogens (tertiary/aromatic N) is 1. The SMILES string of the molecule is COc1cccc2c1N1C(=O)C(C)(C)C1C2. The topological polar surface area (TPSA) is 29.5 Å². The van der Waals surface area contributed by atoms with Gasteiger partial charge in [-0.3, -0.25) is 4.79 Å². The van der Waals surface area contributed by atoms with Crippen molar-refractivity contribution in [1.82, 2.24) is 0 Å². The van der Waals surface area contributed by atoms with E-state index in [0.717, 1.165) is 17.9 Å². The quantitative estimate of drug-likeness (QED) is 0.673. The maximum Gasteiger partial charge on any atom is 0.235 e. The van der Waals surface area contributed by atoms with Crippen LogP contribution in [-0.4, -0.2) is 19.1 Å². The van der Waals surface area contributed by atoms with Crippen LogP contribution >= 0.6 is 0 Å². The van der Waals surface area contributed by atoms with Crippen LogP contribution in [0.4, 0.5) is 5.69 Å². The van der Waals surface area contributed by atoms with Crippen molar-refractivity contribution >= 4 is 11.6 Å². The number of para-hydroxylation sites is 1. The molecule has 2 heterocycles. The van der Waals surface area contributed by atoms with Gasteiger partial charge < -0.3 is 9.64 Å². The number of hydrogen-bond donors (Lipinski definition) is 0. The van der Waals surface area contributed by atoms with Gasteiger partial charge in [0.05, 0.1) is 24.3 Å². The maximum absolute atomic E-state index is 12.1. The molecule has 0 aliphatic carbocycles. The number of carbonyl (C=O) groups excluding carboxylic acids is 1. The van der Waals surface area contributed by atoms with Crippen LogP contribution in [0.5, 0.6) is 5.75 Å². The van der Waals surface area contributed by atoms with Gasteiger partial charge in [-0.1, -0.05) is 12.1 Å². The Balaban J connectivity index is 2.12. The van der Waals surface area contributed by atoms with Crippen LogP contribution in [-0.2, 0) is 11.2 Å². The van der Waals surface area contributed by atoms with Gasteiger partial charge in [-0.15, -0.1) is 0 Å². The number of fused-ring (bicyclic) bond motifs is 3. The molecule has 1 fully saturated rings. The average molecular weight is 217 g/mol. The zero-order valence-corrected chi connectivity index (χ0v) is 9.78. The van der Waals surface area contributed by atoms with Crippen molar-refractivity contribution in [2.75, 3.05) is 12.0 Å². The minimum Gasteiger partial charge on any atom is -0.495 e. The van der Waals surface area contributed by atoms with Crippen molar-refractivity contribution < 1.29 is 9.53 Å². The number of anilines is 1. The molecule has 2 aliphatic heterocycles. The van der Waals surface area contributed by atoms with Gasteiger partial charge in [0.2, 0.25) is 5.91 Å². The first-order chi connectivity index (χ1) is 7.57. The van der Waals surface area contributed by atoms with Gasteiger partial charge in [-0.25, -0.2) is 0 Å². The third kappa shape index (κ3) is 0.913. The van der Waals surface area contributed by atoms with Crippen molar-refractivity contribution in [1.29, 1.82) is 0 Å². The maximum atomic E-state index is 12.1. The molecular formula is C13H15NO2. The van der Waals surface area contributed by atoms with Crippen LogP contribution in [0.2, 0.25) is 0 Å². The first-order valence-electron chi connectivity index (χ1n) is 5.57. The molecule has 1 amide bonds. The van der Waals surface area contributed by atoms with E-state index in [1.165, 1.54) is 5.56 Å². The standard InChI is InChI=1S/C13H15NO2/c1-13(2)10-7-8-5-4-6-9(16-3)11(8)14(10)12(13)15/h4-6,10H,7H2,1-3H3. The molecule has 16 heavy (non-hydrogen) atoms. The zero-order chi connectivity index (χ0) is 11.5. The Hall–Kier alpha value is -1.51. The van der Waals surface area contributed by atoms with Crippen LogP contribution in [0.15, 0.2) is 18.2 Å². The normalized spacial score (nSPS) is 24.8. The largest absolute Gasteiger partial charge is 0.495 e. The molecule has 1 atom stereocenters. The monoisotopic (exact) mass is 217 g/mol. The Bertz CT molecular complexity index is 479. The summed E-state index contributed by atoms with van der Waals surface area (Å²) in [5.74, 6) is 1.02. The second-order valence-electron chi connectivity index (χ2n) is 5.08. The van der Waals surface area contributed by atoms with Gasteiger partial charge in [0.1, 0.15) is 5.75 Å². The molecule has 1 unspecified atom stereocenters. The highest BCUT2D eigenvalue weighted by Gasteiger charge is 2.58. The molecule has 0 saturated carbocycles. The molecule has 1 saturated heterocycles. The van der Waals surface area contributed by atoms with E-state index in [4.69, 9.17) is 4.74 Å². The van der Waals surface area contributed by atoms with Crippen molar-refractivity contribution in [3.8, 4) is 5.75 Å². The summed E-state index contributed by atoms with van der Waals surface area (Å²) in [6, 6.07) is 6.30. The first-order valence-corrected chi connectivity index (χ1v) is 5.57. The van der Waals surface area contributed by atoms with Gasteiger partial charge in [-0.2, -0.15) is 0 Å². The number of amides is 1. The van der Waals surface area contributed by atoms with Crippen LogP contribution in [0.1, 0.15) is 19.4 Å². The number of methoxy groups -OCH3 is 1. The molecule has 2 aliphatic rings. The van der Waals surface area contributed by atoms with E-state index < -0.39 is 0 Å². The third-order valence-electron chi connectivity index (χ3n) is 3.87. The zero-order valence-electron chi connectivity index (χ0n) is 9.78. The molecule has 3 heteroatoms. The predicted molar refractivity (Wildman–Crippen MR) is 61.8 cm³/mol. The summed E-state index contributed by atoms with van der Waals surface area (Å²) in [6.45, 7) is 4.05. The molecule has 0 radical (unpaired) electrons. The van der Waals surface area contributed by atoms with Gasteiger partial charge in [0, 0.05) is 0 Å². The lowest BCUT2D eigenvalue weighted by atomic mass is 9.74. The number of rotatable bonds is 1. The van der Waals surface area contributed by atoms with E-state index >= 15 is 0 Å². The summed E-state index contributed by atoms with van der Waals surface area (Å²) in [5.41, 5.74) is 1.99. The Labute approximate surface area is 95.0 Å². The summed E-state index contributed by atoms with van der Waals surface area (Å²) in [7, 11) is 1.65. The molecule has 0 aromatic heterocycles. The number of carbonyl (C=O) groups is 1. The van der Waals surface area contributed by atoms with E-state index in [0.29, 0.717) is 6.04 Å². The van der Waals surface area contributed by atoms with Crippen molar-refractivity contribution in [3.05, 3.63) is 23.8 Å². The van der Waals surface area contributed by atoms with E-state index in [2.05, 4.69) is 6.07 Å². The highest BCUT2D eigenvalue weighted by Crippen LogP contribution is 2.52. The van der Waals surface area contributed by atoms with Gasteiger partial charge in [0.25, 0.3) is 0 Å². The van der Waals surface area contributed by atoms with Gasteiger partial charge in [-0.05, 0) is 31.9 Å². The minimum atomic E-state index is -0.218. The molecule has 84 valence electrons. The number of ether oxygens (including phenoxy) is 1. The van der Waals surface area contributed by atoms with Crippen molar-refractivity contribution in [2.24, 2.45) is 5.41 Å². The predicted octanol–water partition coefficient (Wildman–Crippen LogP) is 1.99. The molecular weight excluding hydrogens is 202 g/mol. The molecule has 3 nitrogen and oxygen atoms in total. The van der Waals surface area contributed by atoms with Gasteiger partial charge in [0.15, 0.2) is 0 Å². The number of hydrogen-bond acceptors (Lipinski definition) is 2. The second kappa shape index (κ2) is 2.78. The summed E-state index contributed by atoms with van der Waals surface area (Å²) in [4.78, 5) is 14.0. The Morgan fingerprint density at radius 2 is 2.19 bits per heavy atom. The molecule has 3 rings (SSSR count). The van der Waals surface area contributed by atoms with Crippen LogP contribution in [0.25, 0.3) is 0 Å². The van der Waals surface area contributed by atoms with E-state index in [-0.39, 0.29) is 11.3 Å². The lowest BCUT2D eigenvalue weighted by Gasteiger charge is -2.49. The fourth-order valence-electron chi connectivity index (χ4n) is 2.83. The first kappa shape index (κ1) is 9.70. The highest BCUT2D eigenvalue weighted by atomic mass is 16.5. The van der Waals surface area contributed by atoms with Gasteiger partial charge >= 0.3 is 0 Å². The minimum absolute atomic E-state index is 0.209. The molecule has 0 bridgehead atoms. The second-order valence-corrected chi connectivity index (χ2v) is 5.08. The van der Waals surface area contributed by atoms with Crippen molar-refractivity contribution in [2.45, 2.75) is 26.3 Å². The Morgan fingerprint density at radius 3 is 2.88 bits per heavy atom. The van der Waals surface area contributed by atoms with Crippen LogP contribution in [0, 0.1) is 5.41 Å². The van der Waals surface area contributed by atoms with E-state index in [1.54, 1.807) is 7.11 Å². The Kier molecular flexibility index (Phi) is 1.69. The number of benzene rings is 1. The summed E-state index contributed by atoms with van der Waals surface area (Å²) < 4.78 is 5.33. The fraction of sp³-hybridized carbons (Fsp3) is 0.462. The summed E-state index contributed by atoms with van der Waals surface area (Å²) in [6.07, 6.45) is 0.950. The summed E-state index contributed by atoms with van der Waals surface area (Å²) >= 11 is 0. The van der Waals surface area contributed by atoms with Crippen LogP contribution in [0.3, 0.4) is 0 Å². The molecule has 0 N–H and O–H groups in total. The van der Waals surface area contributed by atoms with E-state index in [9.17, 15) is 4.79 Å². The van der Waals surface area contributed by atoms with Crippen LogP contribution < -0.4 is 9.64 Å². The smallest absolute Gasteiger partial charge is 0.235 e. The number of β-lactam (4-membered cyclic amide) rings is 1. The molecule has 0 spiro atoms. The third-order valence-corrected chi connectivity index (χ3v) is 3.87.